The number of likely N-dealkylation sites (tertiary alicyclic amines) is 1. The van der Waals surface area contributed by atoms with Crippen LogP contribution in [0.5, 0.6) is 0 Å². The molecule has 0 saturated carbocycles. The highest BCUT2D eigenvalue weighted by molar-refractivity contribution is 7.91. The molecule has 1 aliphatic rings. The van der Waals surface area contributed by atoms with Gasteiger partial charge in [0.05, 0.1) is 16.6 Å². The highest BCUT2D eigenvalue weighted by Gasteiger charge is 2.28. The van der Waals surface area contributed by atoms with Crippen molar-refractivity contribution in [1.29, 1.82) is 0 Å². The normalized spacial score (nSPS) is 17.1. The number of nitrogens with one attached hydrogen (secondary N) is 1. The van der Waals surface area contributed by atoms with Crippen LogP contribution in [0.3, 0.4) is 0 Å². The molecule has 2 N–H and O–H groups in total. The number of hydrogen-bond acceptors (Lipinski definition) is 4. The van der Waals surface area contributed by atoms with Crippen molar-refractivity contribution in [2.75, 3.05) is 18.8 Å². The first-order valence-electron chi connectivity index (χ1n) is 8.39. The Bertz CT molecular complexity index is 697. The van der Waals surface area contributed by atoms with Crippen LogP contribution in [0.4, 0.5) is 4.79 Å². The third-order valence-electron chi connectivity index (χ3n) is 4.47. The van der Waals surface area contributed by atoms with Crippen molar-refractivity contribution in [3.8, 4) is 0 Å². The molecule has 1 heterocycles. The molecule has 1 saturated heterocycles. The summed E-state index contributed by atoms with van der Waals surface area (Å²) in [7, 11) is -3.48. The summed E-state index contributed by atoms with van der Waals surface area (Å²) in [6, 6.07) is 7.34. The Morgan fingerprint density at radius 3 is 2.36 bits per heavy atom. The lowest BCUT2D eigenvalue weighted by atomic mass is 9.97. The van der Waals surface area contributed by atoms with Gasteiger partial charge in [-0.25, -0.2) is 13.2 Å². The molecule has 8 heteroatoms. The summed E-state index contributed by atoms with van der Waals surface area (Å²) in [5.74, 6) is -1.41. The number of carboxylic acid groups (broad SMARTS) is 1. The van der Waals surface area contributed by atoms with E-state index in [4.69, 9.17) is 5.11 Å². The predicted octanol–water partition coefficient (Wildman–Crippen LogP) is 1.75. The Morgan fingerprint density at radius 1 is 1.24 bits per heavy atom. The quantitative estimate of drug-likeness (QED) is 0.796. The number of amides is 2. The molecule has 1 aromatic carbocycles. The minimum atomic E-state index is -3.48. The molecule has 2 amide bonds. The van der Waals surface area contributed by atoms with Crippen molar-refractivity contribution in [2.45, 2.75) is 37.1 Å². The summed E-state index contributed by atoms with van der Waals surface area (Å²) in [6.07, 6.45) is 1.33. The molecule has 0 aromatic heterocycles. The van der Waals surface area contributed by atoms with Gasteiger partial charge >= 0.3 is 12.0 Å². The zero-order valence-corrected chi connectivity index (χ0v) is 15.0. The van der Waals surface area contributed by atoms with E-state index in [9.17, 15) is 18.0 Å². The zero-order chi connectivity index (χ0) is 18.4. The number of urea groups is 1. The van der Waals surface area contributed by atoms with Crippen LogP contribution >= 0.6 is 0 Å². The molecule has 25 heavy (non-hydrogen) atoms. The second-order valence-electron chi connectivity index (χ2n) is 6.25. The Balaban J connectivity index is 1.93. The largest absolute Gasteiger partial charge is 0.481 e. The van der Waals surface area contributed by atoms with Crippen LogP contribution < -0.4 is 5.32 Å². The van der Waals surface area contributed by atoms with Gasteiger partial charge in [-0.15, -0.1) is 0 Å². The molecule has 1 atom stereocenters. The van der Waals surface area contributed by atoms with Crippen LogP contribution in [0, 0.1) is 5.92 Å². The topological polar surface area (TPSA) is 104 Å². The maximum absolute atomic E-state index is 12.4. The maximum Gasteiger partial charge on any atom is 0.317 e. The molecule has 0 bridgehead atoms. The van der Waals surface area contributed by atoms with E-state index in [0.29, 0.717) is 32.4 Å². The molecule has 0 radical (unpaired) electrons. The lowest BCUT2D eigenvalue weighted by Gasteiger charge is -2.31. The summed E-state index contributed by atoms with van der Waals surface area (Å²) < 4.78 is 24.9. The standard InChI is InChI=1S/C17H24N2O5S/c1-2-14(12-25(23,24)15-6-4-3-5-7-15)18-17(22)19-10-8-13(9-11-19)16(20)21/h3-7,13-14H,2,8-12H2,1H3,(H,18,22)(H,20,21). The molecule has 2 rings (SSSR count). The van der Waals surface area contributed by atoms with Crippen LogP contribution in [0.2, 0.25) is 0 Å². The summed E-state index contributed by atoms with van der Waals surface area (Å²) in [4.78, 5) is 25.1. The lowest BCUT2D eigenvalue weighted by molar-refractivity contribution is -0.143. The van der Waals surface area contributed by atoms with E-state index in [-0.39, 0.29) is 16.7 Å². The average Bonchev–Trinajstić information content (AvgIpc) is 2.61. The van der Waals surface area contributed by atoms with Crippen LogP contribution in [0.1, 0.15) is 26.2 Å². The fraction of sp³-hybridized carbons (Fsp3) is 0.529. The van der Waals surface area contributed by atoms with Crippen molar-refractivity contribution in [2.24, 2.45) is 5.92 Å². The van der Waals surface area contributed by atoms with Crippen LogP contribution in [0.15, 0.2) is 35.2 Å². The van der Waals surface area contributed by atoms with Crippen LogP contribution in [-0.2, 0) is 14.6 Å². The number of benzene rings is 1. The first kappa shape index (κ1) is 19.2. The summed E-state index contributed by atoms with van der Waals surface area (Å²) in [5.41, 5.74) is 0. The number of nitrogens with zero attached hydrogens (tertiary/aromatic N) is 1. The zero-order valence-electron chi connectivity index (χ0n) is 14.2. The Kier molecular flexibility index (Phi) is 6.41. The fourth-order valence-electron chi connectivity index (χ4n) is 2.85. The molecular weight excluding hydrogens is 344 g/mol. The predicted molar refractivity (Wildman–Crippen MR) is 93.0 cm³/mol. The number of sulfone groups is 1. The molecule has 7 nitrogen and oxygen atoms in total. The molecule has 1 fully saturated rings. The van der Waals surface area contributed by atoms with Gasteiger partial charge in [-0.1, -0.05) is 25.1 Å². The number of carboxylic acids is 1. The van der Waals surface area contributed by atoms with Gasteiger partial charge in [-0.05, 0) is 31.4 Å². The fourth-order valence-corrected chi connectivity index (χ4v) is 4.46. The minimum Gasteiger partial charge on any atom is -0.481 e. The van der Waals surface area contributed by atoms with E-state index in [1.807, 2.05) is 6.92 Å². The van der Waals surface area contributed by atoms with Crippen LogP contribution in [-0.4, -0.2) is 55.3 Å². The Labute approximate surface area is 147 Å². The monoisotopic (exact) mass is 368 g/mol. The van der Waals surface area contributed by atoms with E-state index in [1.165, 1.54) is 0 Å². The number of rotatable bonds is 6. The third-order valence-corrected chi connectivity index (χ3v) is 6.31. The lowest BCUT2D eigenvalue weighted by Crippen LogP contribution is -2.50. The van der Waals surface area contributed by atoms with E-state index in [0.717, 1.165) is 0 Å². The number of carbonyl (C=O) groups excluding carboxylic acids is 1. The van der Waals surface area contributed by atoms with Crippen LogP contribution in [0.25, 0.3) is 0 Å². The third kappa shape index (κ3) is 5.19. The molecule has 1 aliphatic heterocycles. The number of carbonyl (C=O) groups is 2. The highest BCUT2D eigenvalue weighted by Crippen LogP contribution is 2.18. The van der Waals surface area contributed by atoms with Gasteiger partial charge in [0.25, 0.3) is 0 Å². The minimum absolute atomic E-state index is 0.162. The van der Waals surface area contributed by atoms with E-state index in [1.54, 1.807) is 35.2 Å². The van der Waals surface area contributed by atoms with Gasteiger partial charge in [0, 0.05) is 19.1 Å². The average molecular weight is 368 g/mol. The second kappa shape index (κ2) is 8.33. The summed E-state index contributed by atoms with van der Waals surface area (Å²) >= 11 is 0. The van der Waals surface area contributed by atoms with Crippen molar-refractivity contribution in [3.63, 3.8) is 0 Å². The molecule has 0 spiro atoms. The molecule has 1 aromatic rings. The van der Waals surface area contributed by atoms with E-state index < -0.39 is 27.8 Å². The number of piperidine rings is 1. The molecule has 1 unspecified atom stereocenters. The van der Waals surface area contributed by atoms with Crippen molar-refractivity contribution in [3.05, 3.63) is 30.3 Å². The van der Waals surface area contributed by atoms with Crippen molar-refractivity contribution in [1.82, 2.24) is 10.2 Å². The Morgan fingerprint density at radius 2 is 1.84 bits per heavy atom. The van der Waals surface area contributed by atoms with Gasteiger partial charge < -0.3 is 15.3 Å². The van der Waals surface area contributed by atoms with Gasteiger partial charge in [-0.3, -0.25) is 4.79 Å². The Hall–Kier alpha value is -2.09. The first-order chi connectivity index (χ1) is 11.8. The van der Waals surface area contributed by atoms with E-state index >= 15 is 0 Å². The first-order valence-corrected chi connectivity index (χ1v) is 10.0. The maximum atomic E-state index is 12.4. The van der Waals surface area contributed by atoms with Gasteiger partial charge in [0.2, 0.25) is 0 Å². The molecular formula is C17H24N2O5S. The molecule has 0 aliphatic carbocycles. The number of aliphatic carboxylic acids is 1. The van der Waals surface area contributed by atoms with Crippen molar-refractivity contribution >= 4 is 21.8 Å². The number of hydrogen-bond donors (Lipinski definition) is 2. The summed E-state index contributed by atoms with van der Waals surface area (Å²) in [6.45, 7) is 2.55. The second-order valence-corrected chi connectivity index (χ2v) is 8.28. The van der Waals surface area contributed by atoms with Gasteiger partial charge in [0.15, 0.2) is 9.84 Å². The molecule has 138 valence electrons. The smallest absolute Gasteiger partial charge is 0.317 e. The van der Waals surface area contributed by atoms with Gasteiger partial charge in [-0.2, -0.15) is 0 Å². The summed E-state index contributed by atoms with van der Waals surface area (Å²) in [5, 5.41) is 11.8. The highest BCUT2D eigenvalue weighted by atomic mass is 32.2. The van der Waals surface area contributed by atoms with E-state index in [2.05, 4.69) is 5.32 Å². The SMILES string of the molecule is CCC(CS(=O)(=O)c1ccccc1)NC(=O)N1CCC(C(=O)O)CC1. The van der Waals surface area contributed by atoms with Crippen molar-refractivity contribution < 1.29 is 23.1 Å². The van der Waals surface area contributed by atoms with Gasteiger partial charge in [0.1, 0.15) is 0 Å².